The summed E-state index contributed by atoms with van der Waals surface area (Å²) in [5, 5.41) is 0. The molecule has 6 N–H and O–H groups in total. The molecule has 0 aromatic carbocycles. The topological polar surface area (TPSA) is 240 Å². The zero-order valence-electron chi connectivity index (χ0n) is 29.2. The molecule has 0 saturated heterocycles. The van der Waals surface area contributed by atoms with Crippen LogP contribution in [0.15, 0.2) is 0 Å². The van der Waals surface area contributed by atoms with E-state index in [4.69, 9.17) is 26.6 Å². The van der Waals surface area contributed by atoms with Gasteiger partial charge < -0.3 is 10.7 Å². The fourth-order valence-electron chi connectivity index (χ4n) is 4.46. The maximum atomic E-state index is 10.5. The SMILES string of the molecule is CCCCCCCCCCCCCCCC(C)OS(=O)(=O)O.CCCCCCCCCCCCOS(=O)(=O)O.N.O=S(=O)([O-])O.[Na+]. The van der Waals surface area contributed by atoms with Gasteiger partial charge in [-0.3, -0.25) is 13.7 Å². The number of hydrogen-bond acceptors (Lipinski definition) is 10. The predicted octanol–water partition coefficient (Wildman–Crippen LogP) is 5.57. The molecule has 0 radical (unpaired) electrons. The van der Waals surface area contributed by atoms with E-state index in [9.17, 15) is 16.8 Å². The van der Waals surface area contributed by atoms with Crippen LogP contribution in [0, 0.1) is 0 Å². The maximum Gasteiger partial charge on any atom is 1.00 e. The predicted molar refractivity (Wildman–Crippen MR) is 179 cm³/mol. The van der Waals surface area contributed by atoms with Gasteiger partial charge in [-0.05, 0) is 19.8 Å². The van der Waals surface area contributed by atoms with Crippen molar-refractivity contribution in [3.63, 3.8) is 0 Å². The van der Waals surface area contributed by atoms with Gasteiger partial charge >= 0.3 is 50.4 Å². The van der Waals surface area contributed by atoms with E-state index in [0.29, 0.717) is 12.8 Å². The standard InChI is InChI=1S/C17H36O4S.C12H26O4S.H3N.Na.H2O4S/c1-3-4-5-6-7-8-9-10-11-12-13-14-15-16-17(2)21-22(18,19)20;1-2-3-4-5-6-7-8-9-10-11-12-16-17(13,14)15;;;1-5(2,3)4/h17H,3-16H2,1-2H3,(H,18,19,20);2-12H2,1H3,(H,13,14,15);1H3;;(H2,1,2,3,4)/q;;;+1;/p-1. The van der Waals surface area contributed by atoms with Crippen LogP contribution in [0.3, 0.4) is 0 Å². The average molecular weight is 740 g/mol. The molecule has 0 amide bonds. The molecule has 46 heavy (non-hydrogen) atoms. The molecule has 0 rings (SSSR count). The first-order chi connectivity index (χ1) is 20.5. The average Bonchev–Trinajstić information content (AvgIpc) is 2.88. The van der Waals surface area contributed by atoms with Crippen LogP contribution in [-0.4, -0.2) is 56.2 Å². The molecule has 0 bridgehead atoms. The normalized spacial score (nSPS) is 12.1. The minimum Gasteiger partial charge on any atom is -0.726 e. The van der Waals surface area contributed by atoms with Crippen molar-refractivity contribution >= 4 is 31.2 Å². The van der Waals surface area contributed by atoms with Crippen LogP contribution in [0.5, 0.6) is 0 Å². The van der Waals surface area contributed by atoms with Gasteiger partial charge in [-0.2, -0.15) is 16.8 Å². The molecule has 0 aliphatic rings. The van der Waals surface area contributed by atoms with Gasteiger partial charge in [0, 0.05) is 0 Å². The van der Waals surface area contributed by atoms with Gasteiger partial charge in [-0.1, -0.05) is 155 Å². The van der Waals surface area contributed by atoms with E-state index in [1.54, 1.807) is 6.92 Å². The van der Waals surface area contributed by atoms with Crippen molar-refractivity contribution in [3.8, 4) is 0 Å². The first-order valence-corrected chi connectivity index (χ1v) is 20.6. The van der Waals surface area contributed by atoms with Crippen LogP contribution < -0.4 is 35.7 Å². The number of rotatable bonds is 28. The summed E-state index contributed by atoms with van der Waals surface area (Å²) in [4.78, 5) is 0. The molecular weight excluding hydrogens is 674 g/mol. The third kappa shape index (κ3) is 70.8. The Morgan fingerprint density at radius 2 is 0.783 bits per heavy atom. The van der Waals surface area contributed by atoms with E-state index in [1.807, 2.05) is 0 Å². The summed E-state index contributed by atoms with van der Waals surface area (Å²) in [7, 11) is -13.4. The second-order valence-corrected chi connectivity index (χ2v) is 14.2. The first kappa shape index (κ1) is 56.0. The van der Waals surface area contributed by atoms with Crippen LogP contribution in [-0.2, 0) is 39.6 Å². The van der Waals surface area contributed by atoms with Crippen molar-refractivity contribution in [1.29, 1.82) is 0 Å². The fraction of sp³-hybridized carbons (Fsp3) is 1.00. The Kier molecular flexibility index (Phi) is 46.7. The zero-order chi connectivity index (χ0) is 34.2. The fourth-order valence-corrected chi connectivity index (χ4v) is 5.30. The van der Waals surface area contributed by atoms with E-state index in [-0.39, 0.29) is 42.3 Å². The van der Waals surface area contributed by atoms with Crippen molar-refractivity contribution in [2.75, 3.05) is 6.61 Å². The molecule has 0 aromatic rings. The Morgan fingerprint density at radius 3 is 1.04 bits per heavy atom. The molecule has 0 aromatic heterocycles. The summed E-state index contributed by atoms with van der Waals surface area (Å²) in [6.45, 7) is 6.24. The molecule has 278 valence electrons. The molecule has 1 unspecified atom stereocenters. The quantitative estimate of drug-likeness (QED) is 0.0332. The van der Waals surface area contributed by atoms with Crippen LogP contribution >= 0.6 is 0 Å². The van der Waals surface area contributed by atoms with Crippen molar-refractivity contribution < 1.29 is 81.4 Å². The Morgan fingerprint density at radius 1 is 0.522 bits per heavy atom. The minimum absolute atomic E-state index is 0. The van der Waals surface area contributed by atoms with Crippen LogP contribution in [0.25, 0.3) is 0 Å². The van der Waals surface area contributed by atoms with Gasteiger partial charge in [0.2, 0.25) is 10.4 Å². The van der Waals surface area contributed by atoms with E-state index in [1.165, 1.54) is 116 Å². The summed E-state index contributed by atoms with van der Waals surface area (Å²) in [6.07, 6.45) is 28.9. The van der Waals surface area contributed by atoms with Crippen molar-refractivity contribution in [3.05, 3.63) is 0 Å². The summed E-state index contributed by atoms with van der Waals surface area (Å²) in [5.74, 6) is 0. The van der Waals surface area contributed by atoms with Crippen molar-refractivity contribution in [1.82, 2.24) is 6.15 Å². The second kappa shape index (κ2) is 38.4. The zero-order valence-corrected chi connectivity index (χ0v) is 33.7. The Bertz CT molecular complexity index is 914. The van der Waals surface area contributed by atoms with Crippen LogP contribution in [0.4, 0.5) is 0 Å². The van der Waals surface area contributed by atoms with Gasteiger partial charge in [0.15, 0.2) is 0 Å². The molecular formula is C29H66NNaO12S3. The second-order valence-electron chi connectivity index (χ2n) is 11.2. The summed E-state index contributed by atoms with van der Waals surface area (Å²) in [5.41, 5.74) is 0. The third-order valence-electron chi connectivity index (χ3n) is 6.73. The van der Waals surface area contributed by atoms with Crippen LogP contribution in [0.1, 0.15) is 175 Å². The summed E-state index contributed by atoms with van der Waals surface area (Å²) >= 11 is 0. The van der Waals surface area contributed by atoms with Crippen molar-refractivity contribution in [2.45, 2.75) is 181 Å². The smallest absolute Gasteiger partial charge is 0.726 e. The van der Waals surface area contributed by atoms with Gasteiger partial charge in [-0.15, -0.1) is 0 Å². The van der Waals surface area contributed by atoms with Crippen molar-refractivity contribution in [2.24, 2.45) is 0 Å². The minimum atomic E-state index is -4.92. The van der Waals surface area contributed by atoms with E-state index in [2.05, 4.69) is 22.2 Å². The first-order valence-electron chi connectivity index (χ1n) is 16.5. The van der Waals surface area contributed by atoms with E-state index >= 15 is 0 Å². The molecule has 17 heteroatoms. The number of unbranched alkanes of at least 4 members (excludes halogenated alkanes) is 21. The van der Waals surface area contributed by atoms with Gasteiger partial charge in [0.1, 0.15) is 0 Å². The van der Waals surface area contributed by atoms with E-state index < -0.39 is 37.3 Å². The molecule has 0 spiro atoms. The maximum absolute atomic E-state index is 10.5. The van der Waals surface area contributed by atoms with Gasteiger partial charge in [-0.25, -0.2) is 16.8 Å². The molecule has 0 heterocycles. The largest absolute Gasteiger partial charge is 1.00 e. The monoisotopic (exact) mass is 739 g/mol. The molecule has 0 aliphatic carbocycles. The third-order valence-corrected chi connectivity index (χ3v) is 7.77. The molecule has 1 atom stereocenters. The molecule has 0 saturated carbocycles. The number of hydrogen-bond donors (Lipinski definition) is 4. The van der Waals surface area contributed by atoms with E-state index in [0.717, 1.165) is 25.7 Å². The summed E-state index contributed by atoms with van der Waals surface area (Å²) in [6, 6.07) is 0. The Labute approximate surface area is 304 Å². The van der Waals surface area contributed by atoms with Gasteiger partial charge in [0.05, 0.1) is 12.7 Å². The molecule has 0 fully saturated rings. The van der Waals surface area contributed by atoms with Crippen LogP contribution in [0.2, 0.25) is 0 Å². The Hall–Kier alpha value is 0.570. The molecule has 0 aliphatic heterocycles. The summed E-state index contributed by atoms with van der Waals surface area (Å²) < 4.78 is 99.9. The molecule has 13 nitrogen and oxygen atoms in total. The van der Waals surface area contributed by atoms with Gasteiger partial charge in [0.25, 0.3) is 0 Å². The Balaban J connectivity index is -0.000000208.